The first-order chi connectivity index (χ1) is 37.5. The molecule has 0 N–H and O–H groups in total. The van der Waals surface area contributed by atoms with E-state index in [-0.39, 0.29) is 0 Å². The molecule has 0 aliphatic carbocycles. The summed E-state index contributed by atoms with van der Waals surface area (Å²) >= 11 is 0. The number of benzene rings is 13. The second kappa shape index (κ2) is 17.4. The molecule has 0 amide bonds. The topological polar surface area (TPSA) is 13.0 Å². The number of anilines is 10. The molecule has 0 saturated heterocycles. The van der Waals surface area contributed by atoms with E-state index in [1.165, 1.54) is 76.5 Å². The molecule has 76 heavy (non-hydrogen) atoms. The molecule has 2 aliphatic heterocycles. The van der Waals surface area contributed by atoms with E-state index in [0.29, 0.717) is 0 Å². The molecule has 0 atom stereocenters. The van der Waals surface area contributed by atoms with Crippen molar-refractivity contribution in [2.24, 2.45) is 0 Å². The average Bonchev–Trinajstić information content (AvgIpc) is 3.60. The second-order valence-corrected chi connectivity index (χ2v) is 20.2. The molecule has 0 fully saturated rings. The van der Waals surface area contributed by atoms with E-state index in [1.54, 1.807) is 0 Å². The quantitative estimate of drug-likeness (QED) is 0.154. The summed E-state index contributed by atoms with van der Waals surface area (Å²) in [6.45, 7) is 0. The molecule has 4 heteroatoms. The van der Waals surface area contributed by atoms with Crippen LogP contribution in [-0.2, 0) is 0 Å². The van der Waals surface area contributed by atoms with Crippen LogP contribution in [0.2, 0.25) is 0 Å². The Hall–Kier alpha value is -9.90. The molecule has 4 nitrogen and oxygen atoms in total. The van der Waals surface area contributed by atoms with Gasteiger partial charge in [-0.05, 0) is 173 Å². The standard InChI is InChI=1S/C72H50N4/c1-73-63-19-7-11-23-67(63)75(68-24-12-8-20-64(68)73)57-39-41-59-61(45-57)71(51-33-27-49(28-34-51)55-37-31-47-15-3-5-17-53(47)43-55)60-42-40-58(76-69-25-13-9-21-65(69)74(2)66-22-10-14-26-70(66)76)46-62(60)72(59)52-35-29-50(30-36-52)56-38-32-48-16-4-6-18-54(48)44-56/h3-46H,1-2H3. The molecule has 13 aromatic carbocycles. The van der Waals surface area contributed by atoms with Crippen LogP contribution in [0.4, 0.5) is 56.9 Å². The normalized spacial score (nSPS) is 12.8. The SMILES string of the molecule is CN1c2ccccc2N(c2ccc3c(-c4ccc(-c5ccc6ccccc6c5)cc4)c4cc(N5c6ccccc6N(C)c6ccccc65)ccc4c(-c4ccc(-c5ccc6ccccc6c5)cc4)c3c2)c2ccccc21. The minimum atomic E-state index is 1.11. The molecular formula is C72H50N4. The van der Waals surface area contributed by atoms with Crippen molar-refractivity contribution in [3.05, 3.63) is 267 Å². The number of rotatable bonds is 6. The predicted molar refractivity (Wildman–Crippen MR) is 324 cm³/mol. The number of nitrogens with zero attached hydrogens (tertiary/aromatic N) is 4. The molecule has 0 saturated carbocycles. The third kappa shape index (κ3) is 6.92. The van der Waals surface area contributed by atoms with Crippen LogP contribution in [0, 0.1) is 0 Å². The van der Waals surface area contributed by atoms with Gasteiger partial charge in [0, 0.05) is 25.5 Å². The summed E-state index contributed by atoms with van der Waals surface area (Å²) < 4.78 is 0. The minimum absolute atomic E-state index is 1.11. The highest BCUT2D eigenvalue weighted by molar-refractivity contribution is 6.23. The maximum atomic E-state index is 2.45. The van der Waals surface area contributed by atoms with Crippen molar-refractivity contribution in [2.45, 2.75) is 0 Å². The summed E-state index contributed by atoms with van der Waals surface area (Å²) in [6.07, 6.45) is 0. The third-order valence-electron chi connectivity index (χ3n) is 16.0. The fourth-order valence-corrected chi connectivity index (χ4v) is 12.3. The largest absolute Gasteiger partial charge is 0.341 e. The van der Waals surface area contributed by atoms with Crippen LogP contribution >= 0.6 is 0 Å². The van der Waals surface area contributed by atoms with Crippen LogP contribution in [-0.4, -0.2) is 14.1 Å². The molecule has 0 aromatic heterocycles. The molecule has 0 spiro atoms. The zero-order chi connectivity index (χ0) is 50.4. The lowest BCUT2D eigenvalue weighted by atomic mass is 9.84. The van der Waals surface area contributed by atoms with Gasteiger partial charge in [0.15, 0.2) is 0 Å². The number of hydrogen-bond acceptors (Lipinski definition) is 4. The fraction of sp³-hybridized carbons (Fsp3) is 0.0278. The second-order valence-electron chi connectivity index (χ2n) is 20.2. The average molecular weight is 971 g/mol. The molecule has 15 rings (SSSR count). The molecule has 2 heterocycles. The number of hydrogen-bond donors (Lipinski definition) is 0. The Balaban J connectivity index is 1.000. The summed E-state index contributed by atoms with van der Waals surface area (Å²) in [5.74, 6) is 0. The Bertz CT molecular complexity index is 4080. The Morgan fingerprint density at radius 1 is 0.211 bits per heavy atom. The summed E-state index contributed by atoms with van der Waals surface area (Å²) in [5.41, 5.74) is 21.0. The van der Waals surface area contributed by atoms with Crippen molar-refractivity contribution in [3.8, 4) is 44.5 Å². The van der Waals surface area contributed by atoms with Gasteiger partial charge in [-0.2, -0.15) is 0 Å². The smallest absolute Gasteiger partial charge is 0.0699 e. The van der Waals surface area contributed by atoms with Gasteiger partial charge in [0.1, 0.15) is 0 Å². The predicted octanol–water partition coefficient (Wildman–Crippen LogP) is 20.1. The molecule has 0 bridgehead atoms. The Kier molecular flexibility index (Phi) is 9.98. The van der Waals surface area contributed by atoms with Gasteiger partial charge in [0.2, 0.25) is 0 Å². The lowest BCUT2D eigenvalue weighted by Gasteiger charge is -2.39. The van der Waals surface area contributed by atoms with Gasteiger partial charge in [-0.1, -0.05) is 182 Å². The summed E-state index contributed by atoms with van der Waals surface area (Å²) in [6, 6.07) is 98.8. The van der Waals surface area contributed by atoms with Crippen molar-refractivity contribution in [3.63, 3.8) is 0 Å². The van der Waals surface area contributed by atoms with E-state index >= 15 is 0 Å². The van der Waals surface area contributed by atoms with Crippen LogP contribution in [0.5, 0.6) is 0 Å². The molecule has 0 unspecified atom stereocenters. The molecule has 13 aromatic rings. The maximum absolute atomic E-state index is 2.45. The Labute approximate surface area is 442 Å². The zero-order valence-corrected chi connectivity index (χ0v) is 42.2. The minimum Gasteiger partial charge on any atom is -0.341 e. The van der Waals surface area contributed by atoms with Crippen LogP contribution in [0.25, 0.3) is 87.6 Å². The lowest BCUT2D eigenvalue weighted by molar-refractivity contribution is 1.13. The highest BCUT2D eigenvalue weighted by Crippen LogP contribution is 2.55. The number of fused-ring (bicyclic) bond motifs is 8. The van der Waals surface area contributed by atoms with E-state index in [9.17, 15) is 0 Å². The van der Waals surface area contributed by atoms with Crippen molar-refractivity contribution in [2.75, 3.05) is 33.7 Å². The fourth-order valence-electron chi connectivity index (χ4n) is 12.3. The van der Waals surface area contributed by atoms with E-state index in [2.05, 4.69) is 301 Å². The highest BCUT2D eigenvalue weighted by Gasteiger charge is 2.30. The van der Waals surface area contributed by atoms with E-state index in [0.717, 1.165) is 68.0 Å². The van der Waals surface area contributed by atoms with Crippen LogP contribution in [0.3, 0.4) is 0 Å². The lowest BCUT2D eigenvalue weighted by Crippen LogP contribution is -2.24. The van der Waals surface area contributed by atoms with Crippen LogP contribution in [0.15, 0.2) is 267 Å². The summed E-state index contributed by atoms with van der Waals surface area (Å²) in [4.78, 5) is 9.52. The first kappa shape index (κ1) is 43.7. The molecular weight excluding hydrogens is 921 g/mol. The third-order valence-corrected chi connectivity index (χ3v) is 16.0. The van der Waals surface area contributed by atoms with Crippen molar-refractivity contribution < 1.29 is 0 Å². The zero-order valence-electron chi connectivity index (χ0n) is 42.2. The van der Waals surface area contributed by atoms with Crippen molar-refractivity contribution >= 4 is 100.0 Å². The summed E-state index contributed by atoms with van der Waals surface area (Å²) in [5, 5.41) is 9.72. The van der Waals surface area contributed by atoms with Crippen molar-refractivity contribution in [1.82, 2.24) is 0 Å². The van der Waals surface area contributed by atoms with Gasteiger partial charge in [-0.3, -0.25) is 0 Å². The van der Waals surface area contributed by atoms with Crippen LogP contribution < -0.4 is 19.6 Å². The molecule has 2 aliphatic rings. The van der Waals surface area contributed by atoms with Gasteiger partial charge in [-0.15, -0.1) is 0 Å². The van der Waals surface area contributed by atoms with Crippen molar-refractivity contribution in [1.29, 1.82) is 0 Å². The van der Waals surface area contributed by atoms with Gasteiger partial charge >= 0.3 is 0 Å². The Morgan fingerprint density at radius 3 is 0.855 bits per heavy atom. The van der Waals surface area contributed by atoms with Gasteiger partial charge in [0.05, 0.1) is 45.5 Å². The first-order valence-corrected chi connectivity index (χ1v) is 26.2. The summed E-state index contributed by atoms with van der Waals surface area (Å²) in [7, 11) is 4.35. The molecule has 0 radical (unpaired) electrons. The van der Waals surface area contributed by atoms with Gasteiger partial charge in [0.25, 0.3) is 0 Å². The first-order valence-electron chi connectivity index (χ1n) is 26.2. The van der Waals surface area contributed by atoms with Gasteiger partial charge < -0.3 is 19.6 Å². The van der Waals surface area contributed by atoms with E-state index in [4.69, 9.17) is 0 Å². The monoisotopic (exact) mass is 970 g/mol. The highest BCUT2D eigenvalue weighted by atomic mass is 15.3. The maximum Gasteiger partial charge on any atom is 0.0699 e. The van der Waals surface area contributed by atoms with Gasteiger partial charge in [-0.25, -0.2) is 0 Å². The van der Waals surface area contributed by atoms with Crippen LogP contribution in [0.1, 0.15) is 0 Å². The van der Waals surface area contributed by atoms with E-state index < -0.39 is 0 Å². The van der Waals surface area contributed by atoms with E-state index in [1.807, 2.05) is 0 Å². The Morgan fingerprint density at radius 2 is 0.500 bits per heavy atom. The number of para-hydroxylation sites is 8. The molecule has 358 valence electrons.